The second kappa shape index (κ2) is 10.3. The summed E-state index contributed by atoms with van der Waals surface area (Å²) in [5.74, 6) is -1.51. The van der Waals surface area contributed by atoms with Crippen molar-refractivity contribution in [2.75, 3.05) is 13.7 Å². The van der Waals surface area contributed by atoms with Gasteiger partial charge >= 0.3 is 5.69 Å². The highest BCUT2D eigenvalue weighted by Crippen LogP contribution is 2.15. The van der Waals surface area contributed by atoms with Gasteiger partial charge in [0, 0.05) is 18.4 Å². The van der Waals surface area contributed by atoms with Crippen LogP contribution in [0.4, 0.5) is 8.78 Å². The van der Waals surface area contributed by atoms with Crippen LogP contribution in [0.15, 0.2) is 64.3 Å². The van der Waals surface area contributed by atoms with Crippen molar-refractivity contribution in [1.82, 2.24) is 14.5 Å². The molecule has 1 atom stereocenters. The minimum atomic E-state index is -0.756. The summed E-state index contributed by atoms with van der Waals surface area (Å²) >= 11 is 0. The van der Waals surface area contributed by atoms with Crippen molar-refractivity contribution in [1.29, 1.82) is 0 Å². The first-order valence-electron chi connectivity index (χ1n) is 10.0. The highest BCUT2D eigenvalue weighted by Gasteiger charge is 2.18. The molecule has 1 N–H and O–H groups in total. The normalized spacial score (nSPS) is 12.1. The second-order valence-corrected chi connectivity index (χ2v) is 7.07. The van der Waals surface area contributed by atoms with E-state index in [-0.39, 0.29) is 36.9 Å². The SMILES string of the molecule is CCOCc1cn(Cc2c(F)cccc2F)c(=O)n(C[C@H](NC)c2ccccc2)c1=O. The molecule has 6 nitrogen and oxygen atoms in total. The first kappa shape index (κ1) is 22.6. The Bertz CT molecular complexity index is 1120. The Kier molecular flexibility index (Phi) is 7.49. The van der Waals surface area contributed by atoms with Crippen LogP contribution < -0.4 is 16.6 Å². The molecule has 164 valence electrons. The number of hydrogen-bond donors (Lipinski definition) is 1. The van der Waals surface area contributed by atoms with Gasteiger partial charge in [-0.25, -0.2) is 13.6 Å². The topological polar surface area (TPSA) is 65.3 Å². The van der Waals surface area contributed by atoms with Gasteiger partial charge in [-0.15, -0.1) is 0 Å². The van der Waals surface area contributed by atoms with E-state index in [2.05, 4.69) is 5.32 Å². The molecule has 2 aromatic carbocycles. The maximum absolute atomic E-state index is 14.2. The molecular formula is C23H25F2N3O3. The van der Waals surface area contributed by atoms with Crippen molar-refractivity contribution in [2.24, 2.45) is 0 Å². The third-order valence-electron chi connectivity index (χ3n) is 5.08. The standard InChI is InChI=1S/C23H25F2N3O3/c1-3-31-15-17-12-27(13-18-19(24)10-7-11-20(18)25)23(30)28(22(17)29)14-21(26-2)16-8-5-4-6-9-16/h4-12,21,26H,3,13-15H2,1-2H3/t21-/m0/s1. The van der Waals surface area contributed by atoms with E-state index in [1.807, 2.05) is 30.3 Å². The minimum Gasteiger partial charge on any atom is -0.377 e. The molecular weight excluding hydrogens is 404 g/mol. The van der Waals surface area contributed by atoms with E-state index in [0.717, 1.165) is 26.8 Å². The Balaban J connectivity index is 2.08. The number of likely N-dealkylation sites (N-methyl/N-ethyl adjacent to an activating group) is 1. The summed E-state index contributed by atoms with van der Waals surface area (Å²) in [6, 6.07) is 12.6. The molecule has 0 radical (unpaired) electrons. The molecule has 0 aliphatic rings. The molecule has 3 rings (SSSR count). The lowest BCUT2D eigenvalue weighted by Gasteiger charge is -2.20. The first-order valence-corrected chi connectivity index (χ1v) is 10.0. The molecule has 0 aliphatic carbocycles. The Labute approximate surface area is 178 Å². The van der Waals surface area contributed by atoms with Crippen LogP contribution in [0.3, 0.4) is 0 Å². The van der Waals surface area contributed by atoms with Crippen LogP contribution in [0.2, 0.25) is 0 Å². The molecule has 0 fully saturated rings. The lowest BCUT2D eigenvalue weighted by atomic mass is 10.1. The smallest absolute Gasteiger partial charge is 0.331 e. The Morgan fingerprint density at radius 2 is 1.71 bits per heavy atom. The van der Waals surface area contributed by atoms with Gasteiger partial charge in [0.2, 0.25) is 0 Å². The van der Waals surface area contributed by atoms with Crippen LogP contribution in [0.1, 0.15) is 29.7 Å². The van der Waals surface area contributed by atoms with E-state index >= 15 is 0 Å². The van der Waals surface area contributed by atoms with Crippen LogP contribution >= 0.6 is 0 Å². The van der Waals surface area contributed by atoms with Crippen LogP contribution in [0.5, 0.6) is 0 Å². The fourth-order valence-electron chi connectivity index (χ4n) is 3.38. The molecule has 31 heavy (non-hydrogen) atoms. The Morgan fingerprint density at radius 1 is 1.03 bits per heavy atom. The molecule has 0 bridgehead atoms. The van der Waals surface area contributed by atoms with Gasteiger partial charge in [0.1, 0.15) is 11.6 Å². The van der Waals surface area contributed by atoms with Crippen molar-refractivity contribution < 1.29 is 13.5 Å². The highest BCUT2D eigenvalue weighted by molar-refractivity contribution is 5.21. The maximum Gasteiger partial charge on any atom is 0.331 e. The van der Waals surface area contributed by atoms with E-state index < -0.39 is 22.9 Å². The fourth-order valence-corrected chi connectivity index (χ4v) is 3.38. The van der Waals surface area contributed by atoms with Gasteiger partial charge in [-0.2, -0.15) is 0 Å². The van der Waals surface area contributed by atoms with Gasteiger partial charge < -0.3 is 10.1 Å². The number of nitrogens with zero attached hydrogens (tertiary/aromatic N) is 2. The second-order valence-electron chi connectivity index (χ2n) is 7.07. The van der Waals surface area contributed by atoms with Crippen molar-refractivity contribution >= 4 is 0 Å². The number of rotatable bonds is 9. The Morgan fingerprint density at radius 3 is 2.32 bits per heavy atom. The number of benzene rings is 2. The van der Waals surface area contributed by atoms with Crippen molar-refractivity contribution in [3.05, 3.63) is 104 Å². The van der Waals surface area contributed by atoms with E-state index in [1.165, 1.54) is 12.3 Å². The number of halogens is 2. The lowest BCUT2D eigenvalue weighted by Crippen LogP contribution is -2.44. The van der Waals surface area contributed by atoms with Crippen LogP contribution in [0.25, 0.3) is 0 Å². The number of hydrogen-bond acceptors (Lipinski definition) is 4. The third kappa shape index (κ3) is 5.15. The van der Waals surface area contributed by atoms with Gasteiger partial charge in [0.15, 0.2) is 0 Å². The summed E-state index contributed by atoms with van der Waals surface area (Å²) in [4.78, 5) is 26.1. The first-order chi connectivity index (χ1) is 15.0. The quantitative estimate of drug-likeness (QED) is 0.568. The molecule has 1 heterocycles. The molecule has 1 aromatic heterocycles. The van der Waals surface area contributed by atoms with Crippen LogP contribution in [-0.4, -0.2) is 22.8 Å². The molecule has 8 heteroatoms. The van der Waals surface area contributed by atoms with Crippen LogP contribution in [-0.2, 0) is 24.4 Å². The number of ether oxygens (including phenoxy) is 1. The fraction of sp³-hybridized carbons (Fsp3) is 0.304. The zero-order chi connectivity index (χ0) is 22.4. The predicted molar refractivity (Wildman–Crippen MR) is 114 cm³/mol. The average molecular weight is 429 g/mol. The number of aromatic nitrogens is 2. The van der Waals surface area contributed by atoms with E-state index in [1.54, 1.807) is 14.0 Å². The van der Waals surface area contributed by atoms with E-state index in [9.17, 15) is 18.4 Å². The number of nitrogens with one attached hydrogen (secondary N) is 1. The zero-order valence-corrected chi connectivity index (χ0v) is 17.5. The van der Waals surface area contributed by atoms with Gasteiger partial charge in [0.05, 0.1) is 31.3 Å². The Hall–Kier alpha value is -3.10. The van der Waals surface area contributed by atoms with Crippen molar-refractivity contribution in [3.8, 4) is 0 Å². The summed E-state index contributed by atoms with van der Waals surface area (Å²) in [6.45, 7) is 1.87. The molecule has 0 aliphatic heterocycles. The predicted octanol–water partition coefficient (Wildman–Crippen LogP) is 2.83. The summed E-state index contributed by atoms with van der Waals surface area (Å²) in [5, 5.41) is 3.11. The average Bonchev–Trinajstić information content (AvgIpc) is 2.77. The maximum atomic E-state index is 14.2. The summed E-state index contributed by atoms with van der Waals surface area (Å²) in [6.07, 6.45) is 1.32. The summed E-state index contributed by atoms with van der Waals surface area (Å²) in [7, 11) is 1.74. The third-order valence-corrected chi connectivity index (χ3v) is 5.08. The van der Waals surface area contributed by atoms with Gasteiger partial charge in [-0.1, -0.05) is 36.4 Å². The van der Waals surface area contributed by atoms with Crippen molar-refractivity contribution in [3.63, 3.8) is 0 Å². The largest absolute Gasteiger partial charge is 0.377 e. The van der Waals surface area contributed by atoms with Gasteiger partial charge in [-0.3, -0.25) is 13.9 Å². The van der Waals surface area contributed by atoms with E-state index in [4.69, 9.17) is 4.74 Å². The summed E-state index contributed by atoms with van der Waals surface area (Å²) in [5.41, 5.74) is -0.242. The minimum absolute atomic E-state index is 0.00900. The monoisotopic (exact) mass is 429 g/mol. The molecule has 3 aromatic rings. The molecule has 0 amide bonds. The zero-order valence-electron chi connectivity index (χ0n) is 17.5. The lowest BCUT2D eigenvalue weighted by molar-refractivity contribution is 0.132. The summed E-state index contributed by atoms with van der Waals surface area (Å²) < 4.78 is 36.0. The molecule has 0 saturated carbocycles. The molecule has 0 spiro atoms. The van der Waals surface area contributed by atoms with E-state index in [0.29, 0.717) is 6.61 Å². The highest BCUT2D eigenvalue weighted by atomic mass is 19.1. The van der Waals surface area contributed by atoms with Gasteiger partial charge in [-0.05, 0) is 31.7 Å². The van der Waals surface area contributed by atoms with Crippen molar-refractivity contribution in [2.45, 2.75) is 32.7 Å². The molecule has 0 unspecified atom stereocenters. The molecule has 0 saturated heterocycles. The van der Waals surface area contributed by atoms with Gasteiger partial charge in [0.25, 0.3) is 5.56 Å². The van der Waals surface area contributed by atoms with Crippen LogP contribution in [0, 0.1) is 11.6 Å².